The van der Waals surface area contributed by atoms with Crippen molar-refractivity contribution in [1.82, 2.24) is 9.80 Å². The van der Waals surface area contributed by atoms with Crippen LogP contribution < -0.4 is 9.47 Å². The number of carbonyl (C=O) groups excluding carboxylic acids is 2. The molecule has 1 aromatic heterocycles. The largest absolute Gasteiger partial charge is 0.497 e. The van der Waals surface area contributed by atoms with Gasteiger partial charge in [0.1, 0.15) is 30.5 Å². The maximum Gasteiger partial charge on any atom is 0.254 e. The minimum atomic E-state index is -0.406. The van der Waals surface area contributed by atoms with Crippen molar-refractivity contribution in [3.8, 4) is 11.5 Å². The van der Waals surface area contributed by atoms with Crippen molar-refractivity contribution in [2.24, 2.45) is 0 Å². The molecule has 2 aromatic carbocycles. The lowest BCUT2D eigenvalue weighted by Gasteiger charge is -2.38. The predicted octanol–water partition coefficient (Wildman–Crippen LogP) is 5.34. The van der Waals surface area contributed by atoms with Gasteiger partial charge in [0, 0.05) is 29.1 Å². The molecule has 0 aliphatic carbocycles. The quantitative estimate of drug-likeness (QED) is 0.390. The molecular weight excluding hydrogens is 479 g/mol. The number of benzene rings is 2. The van der Waals surface area contributed by atoms with Crippen molar-refractivity contribution in [3.05, 3.63) is 81.8 Å². The number of rotatable bonds is 9. The number of fused-ring (bicyclic) bond motifs is 1. The lowest BCUT2D eigenvalue weighted by Crippen LogP contribution is -2.49. The predicted molar refractivity (Wildman–Crippen MR) is 138 cm³/mol. The molecule has 2 heterocycles. The summed E-state index contributed by atoms with van der Waals surface area (Å²) in [6.45, 7) is 4.68. The normalized spacial score (nSPS) is 15.7. The molecule has 0 N–H and O–H groups in total. The molecular formula is C28H31FN2O4S. The van der Waals surface area contributed by atoms with Crippen LogP contribution in [-0.4, -0.2) is 54.5 Å². The molecule has 0 bridgehead atoms. The molecule has 3 aromatic rings. The third-order valence-corrected chi connectivity index (χ3v) is 7.64. The van der Waals surface area contributed by atoms with Crippen molar-refractivity contribution in [2.75, 3.05) is 26.8 Å². The van der Waals surface area contributed by atoms with Gasteiger partial charge in [0.15, 0.2) is 0 Å². The summed E-state index contributed by atoms with van der Waals surface area (Å²) in [5.74, 6) is 0.536. The molecule has 0 fully saturated rings. The molecule has 2 amide bonds. The van der Waals surface area contributed by atoms with Crippen LogP contribution in [-0.2, 0) is 11.2 Å². The molecule has 8 heteroatoms. The molecule has 0 saturated heterocycles. The van der Waals surface area contributed by atoms with Crippen molar-refractivity contribution in [1.29, 1.82) is 0 Å². The summed E-state index contributed by atoms with van der Waals surface area (Å²) in [4.78, 5) is 31.6. The van der Waals surface area contributed by atoms with Crippen LogP contribution in [0.5, 0.6) is 11.5 Å². The highest BCUT2D eigenvalue weighted by Gasteiger charge is 2.34. The first kappa shape index (κ1) is 25.7. The van der Waals surface area contributed by atoms with Gasteiger partial charge in [-0.2, -0.15) is 0 Å². The first-order chi connectivity index (χ1) is 17.4. The minimum Gasteiger partial charge on any atom is -0.497 e. The van der Waals surface area contributed by atoms with Gasteiger partial charge in [0.25, 0.3) is 5.91 Å². The molecule has 4 rings (SSSR count). The Hall–Kier alpha value is -3.39. The van der Waals surface area contributed by atoms with E-state index in [-0.39, 0.29) is 37.0 Å². The van der Waals surface area contributed by atoms with E-state index in [9.17, 15) is 14.0 Å². The Morgan fingerprint density at radius 1 is 1.17 bits per heavy atom. The van der Waals surface area contributed by atoms with Crippen molar-refractivity contribution in [2.45, 2.75) is 38.8 Å². The Labute approximate surface area is 215 Å². The number of hydrogen-bond acceptors (Lipinski definition) is 5. The average Bonchev–Trinajstić information content (AvgIpc) is 3.39. The van der Waals surface area contributed by atoms with Gasteiger partial charge in [0.2, 0.25) is 5.91 Å². The molecule has 0 radical (unpaired) electrons. The highest BCUT2D eigenvalue weighted by molar-refractivity contribution is 7.10. The second-order valence-corrected chi connectivity index (χ2v) is 9.84. The Bertz CT molecular complexity index is 1200. The van der Waals surface area contributed by atoms with E-state index < -0.39 is 5.82 Å². The molecule has 36 heavy (non-hydrogen) atoms. The Balaban J connectivity index is 1.54. The highest BCUT2D eigenvalue weighted by Crippen LogP contribution is 2.34. The van der Waals surface area contributed by atoms with Crippen LogP contribution in [0.1, 0.15) is 47.1 Å². The van der Waals surface area contributed by atoms with Crippen molar-refractivity contribution < 1.29 is 23.5 Å². The van der Waals surface area contributed by atoms with E-state index >= 15 is 0 Å². The van der Waals surface area contributed by atoms with Crippen LogP contribution in [0.2, 0.25) is 0 Å². The van der Waals surface area contributed by atoms with Crippen LogP contribution in [0.4, 0.5) is 4.39 Å². The number of thiophene rings is 1. The second-order valence-electron chi connectivity index (χ2n) is 8.84. The maximum absolute atomic E-state index is 13.7. The van der Waals surface area contributed by atoms with Gasteiger partial charge in [-0.25, -0.2) is 4.39 Å². The smallest absolute Gasteiger partial charge is 0.254 e. The van der Waals surface area contributed by atoms with Crippen LogP contribution in [0, 0.1) is 5.82 Å². The highest BCUT2D eigenvalue weighted by atomic mass is 32.1. The zero-order valence-electron chi connectivity index (χ0n) is 20.8. The van der Waals surface area contributed by atoms with Gasteiger partial charge in [-0.1, -0.05) is 13.0 Å². The summed E-state index contributed by atoms with van der Waals surface area (Å²) in [7, 11) is 1.61. The van der Waals surface area contributed by atoms with Gasteiger partial charge >= 0.3 is 0 Å². The number of ether oxygens (including phenoxy) is 2. The lowest BCUT2D eigenvalue weighted by molar-refractivity contribution is -0.136. The number of nitrogens with zero attached hydrogens (tertiary/aromatic N) is 2. The van der Waals surface area contributed by atoms with E-state index in [1.54, 1.807) is 23.3 Å². The minimum absolute atomic E-state index is 0.0552. The fourth-order valence-corrected chi connectivity index (χ4v) is 5.31. The summed E-state index contributed by atoms with van der Waals surface area (Å²) in [6, 6.07) is 14.5. The third kappa shape index (κ3) is 5.70. The average molecular weight is 511 g/mol. The summed E-state index contributed by atoms with van der Waals surface area (Å²) in [6.07, 6.45) is 1.46. The summed E-state index contributed by atoms with van der Waals surface area (Å²) in [5.41, 5.74) is 1.45. The van der Waals surface area contributed by atoms with E-state index in [4.69, 9.17) is 9.47 Å². The number of halogens is 1. The monoisotopic (exact) mass is 510 g/mol. The number of carbonyl (C=O) groups is 2. The van der Waals surface area contributed by atoms with Crippen molar-refractivity contribution in [3.63, 3.8) is 0 Å². The maximum atomic E-state index is 13.7. The van der Waals surface area contributed by atoms with E-state index in [1.807, 2.05) is 48.4 Å². The number of amides is 2. The van der Waals surface area contributed by atoms with E-state index in [2.05, 4.69) is 6.07 Å². The van der Waals surface area contributed by atoms with Crippen LogP contribution >= 0.6 is 11.3 Å². The lowest BCUT2D eigenvalue weighted by atomic mass is 10.00. The molecule has 1 aliphatic heterocycles. The van der Waals surface area contributed by atoms with Gasteiger partial charge in [-0.05, 0) is 73.2 Å². The zero-order chi connectivity index (χ0) is 25.7. The topological polar surface area (TPSA) is 59.1 Å². The zero-order valence-corrected chi connectivity index (χ0v) is 21.6. The molecule has 6 nitrogen and oxygen atoms in total. The number of methoxy groups -OCH3 is 1. The number of hydrogen-bond donors (Lipinski definition) is 0. The summed E-state index contributed by atoms with van der Waals surface area (Å²) in [5, 5.41) is 2.04. The Morgan fingerprint density at radius 2 is 1.92 bits per heavy atom. The SMILES string of the molecule is CC[C@@H](C)N(CC(=O)N1CCc2sccc2[C@@H]1COc1cccc(OC)c1)C(=O)c1ccc(F)cc1. The van der Waals surface area contributed by atoms with Crippen LogP contribution in [0.25, 0.3) is 0 Å². The van der Waals surface area contributed by atoms with Crippen molar-refractivity contribution >= 4 is 23.2 Å². The molecule has 0 unspecified atom stereocenters. The molecule has 0 saturated carbocycles. The molecule has 190 valence electrons. The standard InChI is InChI=1S/C28H31FN2O4S/c1-4-19(2)31(28(33)20-8-10-21(29)11-9-20)17-27(32)30-14-12-26-24(13-15-36-26)25(30)18-35-23-7-5-6-22(16-23)34-3/h5-11,13,15-16,19,25H,4,12,14,17-18H2,1-3H3/t19-,25+/m1/s1. The van der Waals surface area contributed by atoms with Crippen LogP contribution in [0.15, 0.2) is 60.0 Å². The van der Waals surface area contributed by atoms with Gasteiger partial charge in [0.05, 0.1) is 13.2 Å². The van der Waals surface area contributed by atoms with Gasteiger partial charge < -0.3 is 19.3 Å². The molecule has 0 spiro atoms. The van der Waals surface area contributed by atoms with Gasteiger partial charge in [-0.15, -0.1) is 11.3 Å². The Morgan fingerprint density at radius 3 is 2.64 bits per heavy atom. The second kappa shape index (κ2) is 11.6. The van der Waals surface area contributed by atoms with Crippen LogP contribution in [0.3, 0.4) is 0 Å². The fraction of sp³-hybridized carbons (Fsp3) is 0.357. The summed E-state index contributed by atoms with van der Waals surface area (Å²) >= 11 is 1.69. The Kier molecular flexibility index (Phi) is 8.25. The summed E-state index contributed by atoms with van der Waals surface area (Å²) < 4.78 is 24.8. The fourth-order valence-electron chi connectivity index (χ4n) is 4.38. The molecule has 2 atom stereocenters. The first-order valence-corrected chi connectivity index (χ1v) is 13.0. The van der Waals surface area contributed by atoms with E-state index in [0.717, 1.165) is 12.0 Å². The van der Waals surface area contributed by atoms with Gasteiger partial charge in [-0.3, -0.25) is 9.59 Å². The van der Waals surface area contributed by atoms with E-state index in [0.29, 0.717) is 30.0 Å². The molecule has 1 aliphatic rings. The third-order valence-electron chi connectivity index (χ3n) is 6.64. The van der Waals surface area contributed by atoms with E-state index in [1.165, 1.54) is 29.1 Å². The first-order valence-electron chi connectivity index (χ1n) is 12.1.